The Morgan fingerprint density at radius 2 is 1.00 bits per heavy atom. The fourth-order valence-corrected chi connectivity index (χ4v) is 4.13. The largest absolute Gasteiger partial charge is 0.546 e. The number of rotatable bonds is 8. The predicted octanol–water partition coefficient (Wildman–Crippen LogP) is 3.32. The van der Waals surface area contributed by atoms with Crippen LogP contribution in [0.25, 0.3) is 0 Å². The smallest absolute Gasteiger partial charge is 0.343 e. The molecular weight excluding hydrogens is 362 g/mol. The Kier molecular flexibility index (Phi) is 6.53. The maximum Gasteiger partial charge on any atom is 0.546 e. The van der Waals surface area contributed by atoms with Crippen molar-refractivity contribution in [3.05, 3.63) is 71.8 Å². The highest BCUT2D eigenvalue weighted by atomic mass is 31.1. The third-order valence-corrected chi connectivity index (χ3v) is 6.39. The molecular formula is C17H20O6P2+2. The van der Waals surface area contributed by atoms with E-state index in [1.807, 2.05) is 0 Å². The van der Waals surface area contributed by atoms with E-state index < -0.39 is 26.7 Å². The Balaban J connectivity index is 2.18. The van der Waals surface area contributed by atoms with Crippen LogP contribution < -0.4 is 0 Å². The first kappa shape index (κ1) is 19.8. The van der Waals surface area contributed by atoms with Gasteiger partial charge in [-0.15, -0.1) is 0 Å². The summed E-state index contributed by atoms with van der Waals surface area (Å²) in [5, 5.41) is 17.3. The maximum atomic E-state index is 11.7. The molecule has 4 N–H and O–H groups in total. The minimum absolute atomic E-state index is 0.0695. The summed E-state index contributed by atoms with van der Waals surface area (Å²) in [5.74, 6) is 0. The van der Waals surface area contributed by atoms with Gasteiger partial charge in [-0.3, -0.25) is 0 Å². The molecule has 2 aromatic carbocycles. The Bertz CT molecular complexity index is 676. The molecule has 0 heterocycles. The van der Waals surface area contributed by atoms with Gasteiger partial charge in [0.2, 0.25) is 0 Å². The highest BCUT2D eigenvalue weighted by molar-refractivity contribution is 7.39. The zero-order valence-corrected chi connectivity index (χ0v) is 15.2. The Morgan fingerprint density at radius 3 is 1.28 bits per heavy atom. The third-order valence-electron chi connectivity index (χ3n) is 4.16. The van der Waals surface area contributed by atoms with Gasteiger partial charge in [0.25, 0.3) is 0 Å². The first-order chi connectivity index (χ1) is 11.8. The first-order valence-corrected chi connectivity index (χ1v) is 10.1. The van der Waals surface area contributed by atoms with Gasteiger partial charge < -0.3 is 10.2 Å². The van der Waals surface area contributed by atoms with E-state index >= 15 is 0 Å². The van der Waals surface area contributed by atoms with Crippen LogP contribution in [-0.4, -0.2) is 20.0 Å². The second-order valence-corrected chi connectivity index (χ2v) is 8.34. The van der Waals surface area contributed by atoms with Gasteiger partial charge in [0.05, 0.1) is 0 Å². The minimum atomic E-state index is -2.95. The summed E-state index contributed by atoms with van der Waals surface area (Å²) in [7, 11) is -5.90. The second kappa shape index (κ2) is 8.24. The van der Waals surface area contributed by atoms with Crippen molar-refractivity contribution >= 4 is 16.1 Å². The zero-order chi connectivity index (χ0) is 18.5. The van der Waals surface area contributed by atoms with Crippen molar-refractivity contribution in [3.63, 3.8) is 0 Å². The van der Waals surface area contributed by atoms with Gasteiger partial charge in [0, 0.05) is 24.0 Å². The average Bonchev–Trinajstić information content (AvgIpc) is 2.62. The summed E-state index contributed by atoms with van der Waals surface area (Å²) in [6.45, 7) is 0. The van der Waals surface area contributed by atoms with Gasteiger partial charge in [-0.2, -0.15) is 9.79 Å². The third kappa shape index (κ3) is 4.36. The molecule has 0 bridgehead atoms. The van der Waals surface area contributed by atoms with Gasteiger partial charge in [-0.25, -0.2) is 0 Å². The highest BCUT2D eigenvalue weighted by Gasteiger charge is 2.52. The molecule has 0 saturated heterocycles. The van der Waals surface area contributed by atoms with Crippen LogP contribution in [-0.2, 0) is 19.8 Å². The molecule has 132 valence electrons. The van der Waals surface area contributed by atoms with E-state index in [4.69, 9.17) is 0 Å². The molecule has 8 heteroatoms. The molecule has 0 aliphatic heterocycles. The first-order valence-electron chi connectivity index (χ1n) is 7.69. The van der Waals surface area contributed by atoms with Gasteiger partial charge in [-0.1, -0.05) is 60.7 Å². The van der Waals surface area contributed by atoms with E-state index in [2.05, 4.69) is 0 Å². The molecule has 0 saturated carbocycles. The van der Waals surface area contributed by atoms with Crippen LogP contribution in [0, 0.1) is 0 Å². The molecule has 0 aromatic heterocycles. The van der Waals surface area contributed by atoms with Crippen molar-refractivity contribution in [3.8, 4) is 0 Å². The van der Waals surface area contributed by atoms with E-state index in [0.717, 1.165) is 0 Å². The number of hydrogen-bond donors (Lipinski definition) is 4. The average molecular weight is 382 g/mol. The van der Waals surface area contributed by atoms with E-state index in [1.165, 1.54) is 0 Å². The quantitative estimate of drug-likeness (QED) is 0.521. The van der Waals surface area contributed by atoms with Crippen molar-refractivity contribution in [1.82, 2.24) is 0 Å². The maximum absolute atomic E-state index is 11.7. The Hall–Kier alpha value is -1.52. The molecule has 6 nitrogen and oxygen atoms in total. The molecule has 0 aliphatic carbocycles. The SMILES string of the molecule is O=[P+](O)C(O)(CCCC(O)(c1ccccc1)[P+](=O)O)c1ccccc1. The van der Waals surface area contributed by atoms with Crippen molar-refractivity contribution in [2.24, 2.45) is 0 Å². The van der Waals surface area contributed by atoms with Crippen LogP contribution >= 0.6 is 16.1 Å². The second-order valence-electron chi connectivity index (χ2n) is 5.76. The number of aliphatic hydroxyl groups is 2. The molecule has 0 fully saturated rings. The lowest BCUT2D eigenvalue weighted by atomic mass is 9.98. The summed E-state index contributed by atoms with van der Waals surface area (Å²) in [4.78, 5) is 19.1. The fourth-order valence-electron chi connectivity index (χ4n) is 2.69. The summed E-state index contributed by atoms with van der Waals surface area (Å²) in [6.07, 6.45) is -0.206. The molecule has 4 atom stereocenters. The van der Waals surface area contributed by atoms with Gasteiger partial charge in [0.1, 0.15) is 0 Å². The number of hydrogen-bond acceptors (Lipinski definition) is 4. The number of benzene rings is 2. The topological polar surface area (TPSA) is 115 Å². The monoisotopic (exact) mass is 382 g/mol. The zero-order valence-electron chi connectivity index (χ0n) is 13.4. The van der Waals surface area contributed by atoms with Crippen molar-refractivity contribution in [1.29, 1.82) is 0 Å². The fraction of sp³-hybridized carbons (Fsp3) is 0.294. The van der Waals surface area contributed by atoms with Gasteiger partial charge >= 0.3 is 26.7 Å². The minimum Gasteiger partial charge on any atom is -0.343 e. The summed E-state index contributed by atoms with van der Waals surface area (Å²) in [6, 6.07) is 16.2. The van der Waals surface area contributed by atoms with Crippen LogP contribution in [0.4, 0.5) is 0 Å². The molecule has 0 aliphatic rings. The lowest BCUT2D eigenvalue weighted by molar-refractivity contribution is 0.0745. The predicted molar refractivity (Wildman–Crippen MR) is 94.2 cm³/mol. The molecule has 2 rings (SSSR count). The Morgan fingerprint density at radius 1 is 0.680 bits per heavy atom. The van der Waals surface area contributed by atoms with Crippen molar-refractivity contribution in [2.45, 2.75) is 29.9 Å². The standard InChI is InChI=1S/C17H18O6P2/c18-16(24(20)21,14-8-3-1-4-9-14)12-7-13-17(19,25(22)23)15-10-5-2-6-11-15/h1-6,8-11,18-19H,7,12-13H2/p+2. The summed E-state index contributed by atoms with van der Waals surface area (Å²) >= 11 is 0. The molecule has 2 aromatic rings. The van der Waals surface area contributed by atoms with Crippen LogP contribution in [0.3, 0.4) is 0 Å². The van der Waals surface area contributed by atoms with E-state index in [0.29, 0.717) is 0 Å². The molecule has 0 amide bonds. The highest BCUT2D eigenvalue weighted by Crippen LogP contribution is 2.49. The normalized spacial score (nSPS) is 17.3. The van der Waals surface area contributed by atoms with Gasteiger partial charge in [-0.05, 0) is 15.6 Å². The van der Waals surface area contributed by atoms with Crippen LogP contribution in [0.1, 0.15) is 30.4 Å². The summed E-state index contributed by atoms with van der Waals surface area (Å²) in [5.41, 5.74) is 0.575. The van der Waals surface area contributed by atoms with Crippen molar-refractivity contribution < 1.29 is 29.1 Å². The van der Waals surface area contributed by atoms with Crippen molar-refractivity contribution in [2.75, 3.05) is 0 Å². The molecule has 0 spiro atoms. The lowest BCUT2D eigenvalue weighted by Crippen LogP contribution is -2.25. The van der Waals surface area contributed by atoms with Crippen LogP contribution in [0.15, 0.2) is 60.7 Å². The summed E-state index contributed by atoms with van der Waals surface area (Å²) < 4.78 is 23.4. The van der Waals surface area contributed by atoms with E-state index in [1.54, 1.807) is 60.7 Å². The van der Waals surface area contributed by atoms with Crippen LogP contribution in [0.5, 0.6) is 0 Å². The Labute approximate surface area is 147 Å². The molecule has 4 unspecified atom stereocenters. The molecule has 0 radical (unpaired) electrons. The van der Waals surface area contributed by atoms with E-state index in [-0.39, 0.29) is 30.4 Å². The lowest BCUT2D eigenvalue weighted by Gasteiger charge is -2.19. The van der Waals surface area contributed by atoms with Crippen LogP contribution in [0.2, 0.25) is 0 Å². The van der Waals surface area contributed by atoms with Gasteiger partial charge in [0.15, 0.2) is 0 Å². The molecule has 25 heavy (non-hydrogen) atoms. The van der Waals surface area contributed by atoms with E-state index in [9.17, 15) is 29.1 Å².